The maximum atomic E-state index is 12.4. The van der Waals surface area contributed by atoms with E-state index >= 15 is 0 Å². The zero-order chi connectivity index (χ0) is 22.3. The summed E-state index contributed by atoms with van der Waals surface area (Å²) >= 11 is 0. The number of rotatable bonds is 11. The average molecular weight is 427 g/mol. The Hall–Kier alpha value is -1.25. The Labute approximate surface area is 179 Å². The summed E-state index contributed by atoms with van der Waals surface area (Å²) in [5.41, 5.74) is 0.994. The fourth-order valence-corrected chi connectivity index (χ4v) is 4.54. The van der Waals surface area contributed by atoms with Crippen LogP contribution in [0.15, 0.2) is 23.8 Å². The molecule has 0 aliphatic heterocycles. The molecular weight excluding hydrogens is 388 g/mol. The van der Waals surface area contributed by atoms with Crippen molar-refractivity contribution in [1.82, 2.24) is 0 Å². The Morgan fingerprint density at radius 3 is 2.63 bits per heavy atom. The van der Waals surface area contributed by atoms with Gasteiger partial charge < -0.3 is 20.1 Å². The van der Waals surface area contributed by atoms with Crippen LogP contribution in [0.5, 0.6) is 0 Å². The number of carbonyl (C=O) groups excluding carboxylic acids is 1. The van der Waals surface area contributed by atoms with Gasteiger partial charge in [0.15, 0.2) is 0 Å². The lowest BCUT2D eigenvalue weighted by atomic mass is 9.66. The topological polar surface area (TPSA) is 116 Å². The molecule has 172 valence electrons. The van der Waals surface area contributed by atoms with Gasteiger partial charge in [-0.05, 0) is 49.5 Å². The van der Waals surface area contributed by atoms with Crippen LogP contribution >= 0.6 is 0 Å². The van der Waals surface area contributed by atoms with Gasteiger partial charge in [-0.3, -0.25) is 10.1 Å². The van der Waals surface area contributed by atoms with Gasteiger partial charge in [0.1, 0.15) is 6.10 Å². The minimum atomic E-state index is -0.736. The van der Waals surface area contributed by atoms with Crippen LogP contribution < -0.4 is 0 Å². The molecular formula is C23H38O7. The predicted octanol–water partition coefficient (Wildman–Crippen LogP) is 2.85. The van der Waals surface area contributed by atoms with E-state index in [1.165, 1.54) is 0 Å². The Balaban J connectivity index is 2.06. The van der Waals surface area contributed by atoms with Crippen molar-refractivity contribution in [3.63, 3.8) is 0 Å². The van der Waals surface area contributed by atoms with Crippen molar-refractivity contribution in [2.75, 3.05) is 6.61 Å². The first kappa shape index (κ1) is 25.0. The summed E-state index contributed by atoms with van der Waals surface area (Å²) in [4.78, 5) is 16.4. The van der Waals surface area contributed by atoms with Crippen molar-refractivity contribution in [2.24, 2.45) is 23.7 Å². The highest BCUT2D eigenvalue weighted by Crippen LogP contribution is 2.44. The molecule has 2 aliphatic carbocycles. The maximum Gasteiger partial charge on any atom is 0.308 e. The molecule has 0 spiro atoms. The molecule has 7 heteroatoms. The Kier molecular flexibility index (Phi) is 9.97. The van der Waals surface area contributed by atoms with Crippen molar-refractivity contribution in [3.05, 3.63) is 23.8 Å². The molecule has 2 aliphatic rings. The molecule has 0 heterocycles. The number of carbonyl (C=O) groups is 1. The molecule has 7 nitrogen and oxygen atoms in total. The van der Waals surface area contributed by atoms with E-state index in [1.807, 2.05) is 26.0 Å². The summed E-state index contributed by atoms with van der Waals surface area (Å²) in [6.07, 6.45) is 6.35. The third kappa shape index (κ3) is 6.89. The fourth-order valence-electron chi connectivity index (χ4n) is 4.54. The Morgan fingerprint density at radius 1 is 1.27 bits per heavy atom. The number of fused-ring (bicyclic) bond motifs is 1. The number of aliphatic hydroxyl groups excluding tert-OH is 3. The highest BCUT2D eigenvalue weighted by atomic mass is 17.1. The summed E-state index contributed by atoms with van der Waals surface area (Å²) < 4.78 is 5.86. The minimum absolute atomic E-state index is 0.0127. The SMILES string of the molecule is CC[C@H](C)C(=O)O[C@H]1C[C@H](O)C=C2C=CC(C)[C@H](CCC(O)C[C@@H](O)CCOO)C21. The van der Waals surface area contributed by atoms with E-state index in [2.05, 4.69) is 17.9 Å². The lowest BCUT2D eigenvalue weighted by Gasteiger charge is -2.43. The van der Waals surface area contributed by atoms with E-state index in [4.69, 9.17) is 9.99 Å². The zero-order valence-electron chi connectivity index (χ0n) is 18.3. The van der Waals surface area contributed by atoms with Crippen LogP contribution in [-0.2, 0) is 14.4 Å². The van der Waals surface area contributed by atoms with Gasteiger partial charge in [-0.25, -0.2) is 4.89 Å². The third-order valence-corrected chi connectivity index (χ3v) is 6.57. The molecule has 0 bridgehead atoms. The summed E-state index contributed by atoms with van der Waals surface area (Å²) in [5.74, 6) is -0.0200. The first-order chi connectivity index (χ1) is 14.3. The van der Waals surface area contributed by atoms with Crippen molar-refractivity contribution in [2.45, 2.75) is 83.7 Å². The first-order valence-corrected chi connectivity index (χ1v) is 11.2. The van der Waals surface area contributed by atoms with Crippen molar-refractivity contribution >= 4 is 5.97 Å². The zero-order valence-corrected chi connectivity index (χ0v) is 18.3. The number of ether oxygens (including phenoxy) is 1. The molecule has 0 amide bonds. The van der Waals surface area contributed by atoms with E-state index in [9.17, 15) is 20.1 Å². The highest BCUT2D eigenvalue weighted by Gasteiger charge is 2.42. The third-order valence-electron chi connectivity index (χ3n) is 6.57. The molecule has 0 radical (unpaired) electrons. The van der Waals surface area contributed by atoms with E-state index < -0.39 is 18.3 Å². The fraction of sp³-hybridized carbons (Fsp3) is 0.783. The van der Waals surface area contributed by atoms with Gasteiger partial charge in [0.25, 0.3) is 0 Å². The number of hydrogen-bond donors (Lipinski definition) is 4. The first-order valence-electron chi connectivity index (χ1n) is 11.2. The smallest absolute Gasteiger partial charge is 0.308 e. The Bertz CT molecular complexity index is 602. The van der Waals surface area contributed by atoms with Crippen molar-refractivity contribution in [3.8, 4) is 0 Å². The molecule has 2 rings (SSSR count). The minimum Gasteiger partial charge on any atom is -0.461 e. The number of esters is 1. The lowest BCUT2D eigenvalue weighted by molar-refractivity contribution is -0.245. The summed E-state index contributed by atoms with van der Waals surface area (Å²) in [6, 6.07) is 0. The van der Waals surface area contributed by atoms with Crippen LogP contribution in [0.1, 0.15) is 59.3 Å². The standard InChI is InChI=1S/C23H38O7/c1-4-14(2)23(27)30-21-13-19(26)11-16-6-5-15(3)20(22(16)21)8-7-17(24)12-18(25)9-10-29-28/h5-6,11,14-15,17-22,24-26,28H,4,7-10,12-13H2,1-3H3/t14-,15?,17?,18-,19+,20-,21-,22?/m0/s1. The number of hydrogen-bond acceptors (Lipinski definition) is 7. The van der Waals surface area contributed by atoms with E-state index in [0.717, 1.165) is 5.57 Å². The molecule has 0 aromatic carbocycles. The van der Waals surface area contributed by atoms with Crippen LogP contribution in [-0.4, -0.2) is 57.6 Å². The van der Waals surface area contributed by atoms with E-state index in [0.29, 0.717) is 25.7 Å². The maximum absolute atomic E-state index is 12.4. The molecule has 0 saturated heterocycles. The molecule has 8 atom stereocenters. The lowest BCUT2D eigenvalue weighted by Crippen LogP contribution is -2.43. The molecule has 0 aromatic heterocycles. The highest BCUT2D eigenvalue weighted by molar-refractivity contribution is 5.72. The molecule has 0 saturated carbocycles. The van der Waals surface area contributed by atoms with Gasteiger partial charge in [-0.2, -0.15) is 0 Å². The van der Waals surface area contributed by atoms with Crippen LogP contribution in [0.2, 0.25) is 0 Å². The van der Waals surface area contributed by atoms with Gasteiger partial charge >= 0.3 is 5.97 Å². The van der Waals surface area contributed by atoms with Gasteiger partial charge in [-0.1, -0.05) is 39.0 Å². The van der Waals surface area contributed by atoms with Gasteiger partial charge in [0.05, 0.1) is 30.8 Å². The number of allylic oxidation sites excluding steroid dienone is 2. The quantitative estimate of drug-likeness (QED) is 0.228. The van der Waals surface area contributed by atoms with Gasteiger partial charge in [-0.15, -0.1) is 0 Å². The van der Waals surface area contributed by atoms with Crippen LogP contribution in [0, 0.1) is 23.7 Å². The molecule has 30 heavy (non-hydrogen) atoms. The number of aliphatic hydroxyl groups is 3. The largest absolute Gasteiger partial charge is 0.461 e. The second-order valence-corrected chi connectivity index (χ2v) is 8.90. The van der Waals surface area contributed by atoms with Crippen LogP contribution in [0.25, 0.3) is 0 Å². The molecule has 3 unspecified atom stereocenters. The van der Waals surface area contributed by atoms with Gasteiger partial charge in [0.2, 0.25) is 0 Å². The van der Waals surface area contributed by atoms with Crippen molar-refractivity contribution < 1.29 is 35.0 Å². The van der Waals surface area contributed by atoms with Crippen molar-refractivity contribution in [1.29, 1.82) is 0 Å². The van der Waals surface area contributed by atoms with E-state index in [1.54, 1.807) is 0 Å². The second-order valence-electron chi connectivity index (χ2n) is 8.90. The summed E-state index contributed by atoms with van der Waals surface area (Å²) in [7, 11) is 0. The predicted molar refractivity (Wildman–Crippen MR) is 112 cm³/mol. The molecule has 4 N–H and O–H groups in total. The molecule has 0 aromatic rings. The summed E-state index contributed by atoms with van der Waals surface area (Å²) in [6.45, 7) is 5.95. The second kappa shape index (κ2) is 12.0. The summed E-state index contributed by atoms with van der Waals surface area (Å²) in [5, 5.41) is 38.9. The van der Waals surface area contributed by atoms with Crippen LogP contribution in [0.3, 0.4) is 0 Å². The normalized spacial score (nSPS) is 31.4. The Morgan fingerprint density at radius 2 is 1.97 bits per heavy atom. The average Bonchev–Trinajstić information content (AvgIpc) is 2.70. The van der Waals surface area contributed by atoms with Crippen LogP contribution in [0.4, 0.5) is 0 Å². The molecule has 0 fully saturated rings. The van der Waals surface area contributed by atoms with E-state index in [-0.39, 0.29) is 55.2 Å². The monoisotopic (exact) mass is 426 g/mol. The van der Waals surface area contributed by atoms with Gasteiger partial charge in [0, 0.05) is 12.3 Å².